The zero-order chi connectivity index (χ0) is 26.6. The number of ether oxygens (including phenoxy) is 2. The van der Waals surface area contributed by atoms with E-state index in [9.17, 15) is 4.79 Å². The monoisotopic (exact) mass is 518 g/mol. The molecule has 39 heavy (non-hydrogen) atoms. The maximum absolute atomic E-state index is 12.5. The van der Waals surface area contributed by atoms with Crippen LogP contribution in [0.5, 0.6) is 11.8 Å². The molecule has 0 radical (unpaired) electrons. The Labute approximate surface area is 227 Å². The van der Waals surface area contributed by atoms with E-state index in [1.165, 1.54) is 0 Å². The summed E-state index contributed by atoms with van der Waals surface area (Å²) in [6, 6.07) is 29.9. The lowest BCUT2D eigenvalue weighted by Gasteiger charge is -2.26. The van der Waals surface area contributed by atoms with E-state index in [-0.39, 0.29) is 5.91 Å². The van der Waals surface area contributed by atoms with E-state index < -0.39 is 0 Å². The number of fused-ring (bicyclic) bond motifs is 1. The zero-order valence-electron chi connectivity index (χ0n) is 21.9. The number of rotatable bonds is 8. The van der Waals surface area contributed by atoms with Crippen molar-refractivity contribution >= 4 is 22.5 Å². The van der Waals surface area contributed by atoms with Crippen LogP contribution in [0.25, 0.3) is 22.2 Å². The highest BCUT2D eigenvalue weighted by Crippen LogP contribution is 2.36. The topological polar surface area (TPSA) is 69.5 Å². The predicted molar refractivity (Wildman–Crippen MR) is 152 cm³/mol. The first kappa shape index (κ1) is 24.7. The van der Waals surface area contributed by atoms with Gasteiger partial charge in [-0.3, -0.25) is 9.48 Å². The molecule has 5 aromatic rings. The fourth-order valence-electron chi connectivity index (χ4n) is 4.94. The number of piperidine rings is 1. The number of aromatic nitrogens is 3. The van der Waals surface area contributed by atoms with Crippen molar-refractivity contribution in [3.63, 3.8) is 0 Å². The SMILES string of the molecule is Cn1nc(-c2ccc(OCc3ccccc3)nc2OCc2ccccc2)c2ccc(N3CCCCC3=O)cc21. The van der Waals surface area contributed by atoms with Crippen molar-refractivity contribution in [1.82, 2.24) is 14.8 Å². The normalized spacial score (nSPS) is 13.6. The molecule has 1 aliphatic heterocycles. The Kier molecular flexibility index (Phi) is 6.95. The number of nitrogens with zero attached hydrogens (tertiary/aromatic N) is 4. The number of amides is 1. The molecule has 3 aromatic carbocycles. The average Bonchev–Trinajstić information content (AvgIpc) is 3.31. The van der Waals surface area contributed by atoms with Crippen LogP contribution in [0.3, 0.4) is 0 Å². The molecule has 3 heterocycles. The van der Waals surface area contributed by atoms with Gasteiger partial charge in [0, 0.05) is 37.2 Å². The number of pyridine rings is 1. The quantitative estimate of drug-likeness (QED) is 0.241. The third-order valence-corrected chi connectivity index (χ3v) is 7.01. The summed E-state index contributed by atoms with van der Waals surface area (Å²) in [6.45, 7) is 1.53. The van der Waals surface area contributed by atoms with Gasteiger partial charge in [-0.15, -0.1) is 0 Å². The van der Waals surface area contributed by atoms with Crippen LogP contribution in [0.4, 0.5) is 5.69 Å². The molecule has 1 fully saturated rings. The summed E-state index contributed by atoms with van der Waals surface area (Å²) in [7, 11) is 1.92. The first-order chi connectivity index (χ1) is 19.2. The first-order valence-corrected chi connectivity index (χ1v) is 13.3. The van der Waals surface area contributed by atoms with E-state index in [1.54, 1.807) is 0 Å². The van der Waals surface area contributed by atoms with E-state index in [4.69, 9.17) is 19.6 Å². The van der Waals surface area contributed by atoms with Crippen molar-refractivity contribution in [1.29, 1.82) is 0 Å². The second kappa shape index (κ2) is 11.0. The summed E-state index contributed by atoms with van der Waals surface area (Å²) in [5, 5.41) is 5.82. The molecule has 0 spiro atoms. The summed E-state index contributed by atoms with van der Waals surface area (Å²) in [5.74, 6) is 1.12. The Balaban J connectivity index is 1.35. The molecule has 1 saturated heterocycles. The maximum Gasteiger partial charge on any atom is 0.226 e. The molecule has 7 nitrogen and oxygen atoms in total. The Morgan fingerprint density at radius 2 is 1.54 bits per heavy atom. The molecular weight excluding hydrogens is 488 g/mol. The van der Waals surface area contributed by atoms with Gasteiger partial charge in [0.2, 0.25) is 17.7 Å². The average molecular weight is 519 g/mol. The van der Waals surface area contributed by atoms with Crippen LogP contribution in [-0.4, -0.2) is 27.2 Å². The minimum Gasteiger partial charge on any atom is -0.473 e. The highest BCUT2D eigenvalue weighted by Gasteiger charge is 2.22. The predicted octanol–water partition coefficient (Wildman–Crippen LogP) is 6.31. The van der Waals surface area contributed by atoms with Gasteiger partial charge in [-0.2, -0.15) is 10.1 Å². The van der Waals surface area contributed by atoms with Gasteiger partial charge in [0.1, 0.15) is 18.9 Å². The van der Waals surface area contributed by atoms with Gasteiger partial charge >= 0.3 is 0 Å². The van der Waals surface area contributed by atoms with Crippen LogP contribution in [0, 0.1) is 0 Å². The molecule has 0 atom stereocenters. The van der Waals surface area contributed by atoms with Crippen LogP contribution in [-0.2, 0) is 25.1 Å². The van der Waals surface area contributed by atoms with E-state index in [0.717, 1.165) is 58.4 Å². The third-order valence-electron chi connectivity index (χ3n) is 7.01. The summed E-state index contributed by atoms with van der Waals surface area (Å²) in [4.78, 5) is 19.1. The summed E-state index contributed by atoms with van der Waals surface area (Å²) in [6.07, 6.45) is 2.57. The molecule has 0 aliphatic carbocycles. The number of carbonyl (C=O) groups excluding carboxylic acids is 1. The van der Waals surface area contributed by atoms with Crippen molar-refractivity contribution in [3.05, 3.63) is 102 Å². The Hall–Kier alpha value is -4.65. The van der Waals surface area contributed by atoms with Gasteiger partial charge in [0.15, 0.2) is 0 Å². The summed E-state index contributed by atoms with van der Waals surface area (Å²) < 4.78 is 14.1. The molecule has 0 unspecified atom stereocenters. The lowest BCUT2D eigenvalue weighted by Crippen LogP contribution is -2.35. The summed E-state index contributed by atoms with van der Waals surface area (Å²) in [5.41, 5.74) is 5.51. The van der Waals surface area contributed by atoms with Crippen molar-refractivity contribution in [2.24, 2.45) is 7.05 Å². The van der Waals surface area contributed by atoms with Crippen molar-refractivity contribution in [3.8, 4) is 23.0 Å². The number of carbonyl (C=O) groups is 1. The largest absolute Gasteiger partial charge is 0.473 e. The molecule has 1 amide bonds. The van der Waals surface area contributed by atoms with Gasteiger partial charge in [-0.05, 0) is 48.2 Å². The lowest BCUT2D eigenvalue weighted by atomic mass is 10.1. The van der Waals surface area contributed by atoms with Gasteiger partial charge in [0.25, 0.3) is 0 Å². The molecule has 6 rings (SSSR count). The zero-order valence-corrected chi connectivity index (χ0v) is 21.9. The smallest absolute Gasteiger partial charge is 0.226 e. The van der Waals surface area contributed by atoms with Crippen LogP contribution in [0.2, 0.25) is 0 Å². The second-order valence-electron chi connectivity index (χ2n) is 9.73. The number of hydrogen-bond donors (Lipinski definition) is 0. The number of benzene rings is 3. The highest BCUT2D eigenvalue weighted by atomic mass is 16.5. The molecule has 1 aliphatic rings. The van der Waals surface area contributed by atoms with Gasteiger partial charge < -0.3 is 14.4 Å². The Morgan fingerprint density at radius 3 is 2.26 bits per heavy atom. The van der Waals surface area contributed by atoms with E-state index >= 15 is 0 Å². The van der Waals surface area contributed by atoms with E-state index in [0.29, 0.717) is 31.4 Å². The van der Waals surface area contributed by atoms with Crippen LogP contribution in [0.15, 0.2) is 91.0 Å². The van der Waals surface area contributed by atoms with E-state index in [2.05, 4.69) is 0 Å². The van der Waals surface area contributed by atoms with Crippen LogP contribution < -0.4 is 14.4 Å². The van der Waals surface area contributed by atoms with Gasteiger partial charge in [-0.1, -0.05) is 60.7 Å². The second-order valence-corrected chi connectivity index (χ2v) is 9.73. The fraction of sp³-hybridized carbons (Fsp3) is 0.219. The van der Waals surface area contributed by atoms with Crippen LogP contribution in [0.1, 0.15) is 30.4 Å². The molecule has 7 heteroatoms. The number of anilines is 1. The van der Waals surface area contributed by atoms with Crippen molar-refractivity contribution in [2.75, 3.05) is 11.4 Å². The highest BCUT2D eigenvalue weighted by molar-refractivity contribution is 6.00. The Morgan fingerprint density at radius 1 is 0.821 bits per heavy atom. The molecule has 196 valence electrons. The minimum atomic E-state index is 0.176. The van der Waals surface area contributed by atoms with Crippen LogP contribution >= 0.6 is 0 Å². The maximum atomic E-state index is 12.5. The molecular formula is C32H30N4O3. The first-order valence-electron chi connectivity index (χ1n) is 13.3. The van der Waals surface area contributed by atoms with Gasteiger partial charge in [-0.25, -0.2) is 0 Å². The standard InChI is InChI=1S/C32H30N4O3/c1-35-28-20-25(36-19-9-8-14-30(36)37)15-16-26(28)31(34-35)27-17-18-29(38-21-23-10-4-2-5-11-23)33-32(27)39-22-24-12-6-3-7-13-24/h2-7,10-13,15-18,20H,8-9,14,19,21-22H2,1H3. The molecule has 2 aromatic heterocycles. The van der Waals surface area contributed by atoms with Crippen molar-refractivity contribution in [2.45, 2.75) is 32.5 Å². The lowest BCUT2D eigenvalue weighted by molar-refractivity contribution is -0.119. The number of aryl methyl sites for hydroxylation is 1. The molecule has 0 bridgehead atoms. The van der Waals surface area contributed by atoms with E-state index in [1.807, 2.05) is 108 Å². The fourth-order valence-corrected chi connectivity index (χ4v) is 4.94. The minimum absolute atomic E-state index is 0.176. The number of hydrogen-bond acceptors (Lipinski definition) is 5. The molecule has 0 N–H and O–H groups in total. The third kappa shape index (κ3) is 5.34. The molecule has 0 saturated carbocycles. The van der Waals surface area contributed by atoms with Crippen molar-refractivity contribution < 1.29 is 14.3 Å². The van der Waals surface area contributed by atoms with Gasteiger partial charge in [0.05, 0.1) is 11.1 Å². The Bertz CT molecular complexity index is 1600. The summed E-state index contributed by atoms with van der Waals surface area (Å²) >= 11 is 0.